The van der Waals surface area contributed by atoms with Crippen molar-refractivity contribution in [2.45, 2.75) is 0 Å². The molecule has 0 saturated carbocycles. The molecule has 2 amide bonds. The summed E-state index contributed by atoms with van der Waals surface area (Å²) in [4.78, 5) is 27.5. The summed E-state index contributed by atoms with van der Waals surface area (Å²) in [5.74, 6) is 0.232. The number of carbonyl (C=O) groups is 2. The Hall–Kier alpha value is -2.28. The molecule has 0 unspecified atom stereocenters. The van der Waals surface area contributed by atoms with Crippen LogP contribution in [0, 0.1) is 0 Å². The number of benzene rings is 1. The van der Waals surface area contributed by atoms with Crippen LogP contribution in [-0.2, 0) is 14.3 Å². The summed E-state index contributed by atoms with van der Waals surface area (Å²) in [5.41, 5.74) is 6.83. The Morgan fingerprint density at radius 2 is 2.05 bits per heavy atom. The second kappa shape index (κ2) is 5.61. The van der Waals surface area contributed by atoms with Crippen molar-refractivity contribution in [2.24, 2.45) is 0 Å². The summed E-state index contributed by atoms with van der Waals surface area (Å²) in [7, 11) is 0. The standard InChI is InChI=1S/C14H17N3O4/c15-10-1-2-12-11(7-10)17(14(19)9-21-12)8-13(18)16-3-5-20-6-4-16/h1-2,7H,3-6,8-9,15H2. The lowest BCUT2D eigenvalue weighted by Crippen LogP contribution is -2.49. The van der Waals surface area contributed by atoms with Gasteiger partial charge in [0.25, 0.3) is 5.91 Å². The van der Waals surface area contributed by atoms with Gasteiger partial charge in [-0.1, -0.05) is 0 Å². The summed E-state index contributed by atoms with van der Waals surface area (Å²) < 4.78 is 10.6. The number of nitrogens with zero attached hydrogens (tertiary/aromatic N) is 2. The third-order valence-electron chi connectivity index (χ3n) is 3.58. The minimum atomic E-state index is -0.241. The number of rotatable bonds is 2. The highest BCUT2D eigenvalue weighted by molar-refractivity contribution is 6.02. The van der Waals surface area contributed by atoms with Gasteiger partial charge in [0.15, 0.2) is 6.61 Å². The van der Waals surface area contributed by atoms with Crippen LogP contribution in [0.5, 0.6) is 5.75 Å². The summed E-state index contributed by atoms with van der Waals surface area (Å²) in [6.45, 7) is 2.12. The van der Waals surface area contributed by atoms with E-state index >= 15 is 0 Å². The van der Waals surface area contributed by atoms with Crippen molar-refractivity contribution in [2.75, 3.05) is 50.1 Å². The third-order valence-corrected chi connectivity index (χ3v) is 3.58. The fourth-order valence-corrected chi connectivity index (χ4v) is 2.44. The first-order chi connectivity index (χ1) is 10.1. The molecule has 7 heteroatoms. The molecule has 0 aromatic heterocycles. The fraction of sp³-hybridized carbons (Fsp3) is 0.429. The highest BCUT2D eigenvalue weighted by Crippen LogP contribution is 2.33. The number of morpholine rings is 1. The molecular formula is C14H17N3O4. The van der Waals surface area contributed by atoms with Crippen LogP contribution in [0.2, 0.25) is 0 Å². The second-order valence-corrected chi connectivity index (χ2v) is 4.99. The Morgan fingerprint density at radius 3 is 2.81 bits per heavy atom. The van der Waals surface area contributed by atoms with Crippen LogP contribution in [0.15, 0.2) is 18.2 Å². The normalized spacial score (nSPS) is 18.2. The average molecular weight is 291 g/mol. The molecular weight excluding hydrogens is 274 g/mol. The van der Waals surface area contributed by atoms with Gasteiger partial charge in [-0.15, -0.1) is 0 Å². The van der Waals surface area contributed by atoms with E-state index in [0.29, 0.717) is 43.4 Å². The van der Waals surface area contributed by atoms with E-state index in [0.717, 1.165) is 0 Å². The van der Waals surface area contributed by atoms with Crippen molar-refractivity contribution in [3.05, 3.63) is 18.2 Å². The van der Waals surface area contributed by atoms with E-state index in [1.165, 1.54) is 4.90 Å². The molecule has 1 aromatic rings. The molecule has 0 bridgehead atoms. The summed E-state index contributed by atoms with van der Waals surface area (Å²) in [6.07, 6.45) is 0. The van der Waals surface area contributed by atoms with Crippen LogP contribution >= 0.6 is 0 Å². The molecule has 1 saturated heterocycles. The van der Waals surface area contributed by atoms with Gasteiger partial charge in [-0.05, 0) is 18.2 Å². The number of hydrogen-bond acceptors (Lipinski definition) is 5. The predicted molar refractivity (Wildman–Crippen MR) is 76.1 cm³/mol. The number of fused-ring (bicyclic) bond motifs is 1. The van der Waals surface area contributed by atoms with Crippen molar-refractivity contribution in [1.29, 1.82) is 0 Å². The van der Waals surface area contributed by atoms with Crippen molar-refractivity contribution in [3.8, 4) is 5.75 Å². The van der Waals surface area contributed by atoms with E-state index in [1.807, 2.05) is 0 Å². The van der Waals surface area contributed by atoms with Crippen molar-refractivity contribution in [1.82, 2.24) is 4.90 Å². The van der Waals surface area contributed by atoms with Crippen molar-refractivity contribution >= 4 is 23.2 Å². The maximum atomic E-state index is 12.3. The van der Waals surface area contributed by atoms with E-state index in [-0.39, 0.29) is 25.0 Å². The number of carbonyl (C=O) groups excluding carboxylic acids is 2. The minimum Gasteiger partial charge on any atom is -0.482 e. The maximum absolute atomic E-state index is 12.3. The monoisotopic (exact) mass is 291 g/mol. The number of hydrogen-bond donors (Lipinski definition) is 1. The van der Waals surface area contributed by atoms with E-state index in [9.17, 15) is 9.59 Å². The maximum Gasteiger partial charge on any atom is 0.265 e. The van der Waals surface area contributed by atoms with Crippen molar-refractivity contribution in [3.63, 3.8) is 0 Å². The summed E-state index contributed by atoms with van der Waals surface area (Å²) in [5, 5.41) is 0. The number of amides is 2. The molecule has 0 spiro atoms. The molecule has 2 aliphatic heterocycles. The highest BCUT2D eigenvalue weighted by Gasteiger charge is 2.29. The molecule has 1 fully saturated rings. The van der Waals surface area contributed by atoms with Crippen LogP contribution in [0.1, 0.15) is 0 Å². The predicted octanol–water partition coefficient (Wildman–Crippen LogP) is -0.147. The second-order valence-electron chi connectivity index (χ2n) is 4.99. The molecule has 112 valence electrons. The first-order valence-electron chi connectivity index (χ1n) is 6.83. The van der Waals surface area contributed by atoms with Crippen LogP contribution in [-0.4, -0.2) is 56.2 Å². The zero-order chi connectivity index (χ0) is 14.8. The largest absolute Gasteiger partial charge is 0.482 e. The van der Waals surface area contributed by atoms with Crippen LogP contribution in [0.25, 0.3) is 0 Å². The van der Waals surface area contributed by atoms with Gasteiger partial charge in [0.05, 0.1) is 18.9 Å². The fourth-order valence-electron chi connectivity index (χ4n) is 2.44. The lowest BCUT2D eigenvalue weighted by molar-refractivity contribution is -0.135. The molecule has 21 heavy (non-hydrogen) atoms. The lowest BCUT2D eigenvalue weighted by atomic mass is 10.2. The first-order valence-corrected chi connectivity index (χ1v) is 6.83. The topological polar surface area (TPSA) is 85.1 Å². The quantitative estimate of drug-likeness (QED) is 0.766. The molecule has 0 atom stereocenters. The summed E-state index contributed by atoms with van der Waals surface area (Å²) >= 11 is 0. The zero-order valence-electron chi connectivity index (χ0n) is 11.6. The molecule has 0 aliphatic carbocycles. The van der Waals surface area contributed by atoms with Gasteiger partial charge in [-0.2, -0.15) is 0 Å². The summed E-state index contributed by atoms with van der Waals surface area (Å²) in [6, 6.07) is 5.07. The minimum absolute atomic E-state index is 0.00134. The van der Waals surface area contributed by atoms with E-state index < -0.39 is 0 Å². The zero-order valence-corrected chi connectivity index (χ0v) is 11.6. The first kappa shape index (κ1) is 13.7. The molecule has 1 aromatic carbocycles. The van der Waals surface area contributed by atoms with Gasteiger partial charge < -0.3 is 20.1 Å². The Morgan fingerprint density at radius 1 is 1.29 bits per heavy atom. The van der Waals surface area contributed by atoms with E-state index in [1.54, 1.807) is 23.1 Å². The Kier molecular flexibility index (Phi) is 3.66. The smallest absolute Gasteiger partial charge is 0.265 e. The lowest BCUT2D eigenvalue weighted by Gasteiger charge is -2.32. The van der Waals surface area contributed by atoms with Crippen LogP contribution in [0.4, 0.5) is 11.4 Å². The molecule has 2 heterocycles. The van der Waals surface area contributed by atoms with Crippen molar-refractivity contribution < 1.29 is 19.1 Å². The number of nitrogen functional groups attached to an aromatic ring is 1. The van der Waals surface area contributed by atoms with Crippen LogP contribution in [0.3, 0.4) is 0 Å². The average Bonchev–Trinajstić information content (AvgIpc) is 2.51. The number of nitrogens with two attached hydrogens (primary N) is 1. The van der Waals surface area contributed by atoms with Gasteiger partial charge in [0, 0.05) is 18.8 Å². The highest BCUT2D eigenvalue weighted by atomic mass is 16.5. The Labute approximate surface area is 122 Å². The van der Waals surface area contributed by atoms with Gasteiger partial charge in [0.1, 0.15) is 12.3 Å². The van der Waals surface area contributed by atoms with Gasteiger partial charge in [-0.25, -0.2) is 0 Å². The SMILES string of the molecule is Nc1ccc2c(c1)N(CC(=O)N1CCOCC1)C(=O)CO2. The third kappa shape index (κ3) is 2.78. The van der Waals surface area contributed by atoms with Crippen LogP contribution < -0.4 is 15.4 Å². The van der Waals surface area contributed by atoms with Gasteiger partial charge in [-0.3, -0.25) is 14.5 Å². The number of ether oxygens (including phenoxy) is 2. The molecule has 0 radical (unpaired) electrons. The van der Waals surface area contributed by atoms with E-state index in [2.05, 4.69) is 0 Å². The molecule has 7 nitrogen and oxygen atoms in total. The molecule has 2 aliphatic rings. The Balaban J connectivity index is 1.79. The Bertz CT molecular complexity index is 569. The number of anilines is 2. The van der Waals surface area contributed by atoms with E-state index in [4.69, 9.17) is 15.2 Å². The molecule has 2 N–H and O–H groups in total. The van der Waals surface area contributed by atoms with Gasteiger partial charge in [0.2, 0.25) is 5.91 Å². The van der Waals surface area contributed by atoms with Gasteiger partial charge >= 0.3 is 0 Å². The molecule has 3 rings (SSSR count).